The monoisotopic (exact) mass is 547 g/mol. The molecule has 1 aliphatic rings. The summed E-state index contributed by atoms with van der Waals surface area (Å²) >= 11 is 0. The van der Waals surface area contributed by atoms with Crippen LogP contribution in [-0.2, 0) is 19.1 Å². The van der Waals surface area contributed by atoms with Gasteiger partial charge in [-0.05, 0) is 55.8 Å². The third-order valence-corrected chi connectivity index (χ3v) is 6.08. The van der Waals surface area contributed by atoms with Gasteiger partial charge >= 0.3 is 6.18 Å². The van der Waals surface area contributed by atoms with E-state index in [9.17, 15) is 22.8 Å². The predicted molar refractivity (Wildman–Crippen MR) is 136 cm³/mol. The van der Waals surface area contributed by atoms with Crippen molar-refractivity contribution in [2.75, 3.05) is 18.5 Å². The van der Waals surface area contributed by atoms with E-state index in [1.807, 2.05) is 6.07 Å². The molecule has 12 heteroatoms. The van der Waals surface area contributed by atoms with Crippen molar-refractivity contribution in [2.45, 2.75) is 39.0 Å². The van der Waals surface area contributed by atoms with Crippen LogP contribution in [0.2, 0.25) is 0 Å². The van der Waals surface area contributed by atoms with Crippen LogP contribution < -0.4 is 15.7 Å². The van der Waals surface area contributed by atoms with E-state index in [1.54, 1.807) is 43.0 Å². The van der Waals surface area contributed by atoms with Crippen LogP contribution in [0.3, 0.4) is 0 Å². The van der Waals surface area contributed by atoms with Crippen molar-refractivity contribution in [3.05, 3.63) is 92.4 Å². The molecule has 0 saturated heterocycles. The van der Waals surface area contributed by atoms with Gasteiger partial charge in [0.25, 0.3) is 11.5 Å². The van der Waals surface area contributed by atoms with Gasteiger partial charge in [0.15, 0.2) is 0 Å². The number of halogens is 4. The first-order valence-corrected chi connectivity index (χ1v) is 11.6. The SMILES string of the molecule is CCOn1c(N[C@@H](C)c2ccc(C(F)(F)F)cc2)nc2c(c1=O)CN(C(=O)c1ccc(C#N)cc1)CC2.Cl. The highest BCUT2D eigenvalue weighted by Gasteiger charge is 2.31. The molecule has 0 spiro atoms. The zero-order valence-corrected chi connectivity index (χ0v) is 21.4. The van der Waals surface area contributed by atoms with Crippen LogP contribution in [0, 0.1) is 11.3 Å². The molecular formula is C26H25ClF3N5O3. The number of nitrogens with zero attached hydrogens (tertiary/aromatic N) is 4. The summed E-state index contributed by atoms with van der Waals surface area (Å²) in [6, 6.07) is 12.5. The summed E-state index contributed by atoms with van der Waals surface area (Å²) in [6.07, 6.45) is -4.09. The molecule has 0 bridgehead atoms. The number of benzene rings is 2. The van der Waals surface area contributed by atoms with Gasteiger partial charge in [-0.25, -0.2) is 4.98 Å². The lowest BCUT2D eigenvalue weighted by Crippen LogP contribution is -2.43. The van der Waals surface area contributed by atoms with Crippen LogP contribution in [0.25, 0.3) is 0 Å². The molecule has 2 heterocycles. The first-order chi connectivity index (χ1) is 17.6. The van der Waals surface area contributed by atoms with Crippen molar-refractivity contribution in [1.29, 1.82) is 5.26 Å². The molecule has 1 aliphatic heterocycles. The molecule has 8 nitrogen and oxygen atoms in total. The van der Waals surface area contributed by atoms with Gasteiger partial charge in [-0.15, -0.1) is 17.1 Å². The van der Waals surface area contributed by atoms with Gasteiger partial charge in [-0.1, -0.05) is 12.1 Å². The van der Waals surface area contributed by atoms with Crippen molar-refractivity contribution in [2.24, 2.45) is 0 Å². The Balaban J connectivity index is 0.00000400. The number of carbonyl (C=O) groups excluding carboxylic acids is 1. The highest BCUT2D eigenvalue weighted by Crippen LogP contribution is 2.30. The van der Waals surface area contributed by atoms with E-state index in [2.05, 4.69) is 10.3 Å². The average Bonchev–Trinajstić information content (AvgIpc) is 2.90. The Morgan fingerprint density at radius 2 is 1.84 bits per heavy atom. The molecular weight excluding hydrogens is 523 g/mol. The predicted octanol–water partition coefficient (Wildman–Crippen LogP) is 4.38. The maximum absolute atomic E-state index is 13.3. The highest BCUT2D eigenvalue weighted by atomic mass is 35.5. The lowest BCUT2D eigenvalue weighted by atomic mass is 10.0. The van der Waals surface area contributed by atoms with Crippen molar-refractivity contribution < 1.29 is 22.8 Å². The van der Waals surface area contributed by atoms with Gasteiger partial charge in [-0.3, -0.25) is 9.59 Å². The molecule has 1 amide bonds. The topological polar surface area (TPSA) is 100 Å². The normalized spacial score (nSPS) is 13.5. The Morgan fingerprint density at radius 3 is 2.42 bits per heavy atom. The zero-order chi connectivity index (χ0) is 26.7. The lowest BCUT2D eigenvalue weighted by molar-refractivity contribution is -0.137. The second-order valence-corrected chi connectivity index (χ2v) is 8.53. The van der Waals surface area contributed by atoms with E-state index in [1.165, 1.54) is 12.1 Å². The summed E-state index contributed by atoms with van der Waals surface area (Å²) in [5.74, 6) is -0.138. The number of fused-ring (bicyclic) bond motifs is 1. The Labute approximate surface area is 223 Å². The molecule has 0 aliphatic carbocycles. The zero-order valence-electron chi connectivity index (χ0n) is 20.6. The molecule has 38 heavy (non-hydrogen) atoms. The second kappa shape index (κ2) is 11.6. The molecule has 1 atom stereocenters. The Bertz CT molecular complexity index is 1400. The van der Waals surface area contributed by atoms with Crippen molar-refractivity contribution in [3.8, 4) is 6.07 Å². The van der Waals surface area contributed by atoms with Gasteiger partial charge in [0.05, 0.1) is 41.0 Å². The van der Waals surface area contributed by atoms with Crippen LogP contribution in [0.15, 0.2) is 53.3 Å². The summed E-state index contributed by atoms with van der Waals surface area (Å²) in [6.45, 7) is 3.99. The minimum absolute atomic E-state index is 0. The van der Waals surface area contributed by atoms with Crippen LogP contribution >= 0.6 is 12.4 Å². The average molecular weight is 548 g/mol. The van der Waals surface area contributed by atoms with Crippen LogP contribution in [0.4, 0.5) is 19.1 Å². The number of rotatable bonds is 6. The van der Waals surface area contributed by atoms with E-state index in [4.69, 9.17) is 10.1 Å². The van der Waals surface area contributed by atoms with E-state index >= 15 is 0 Å². The molecule has 200 valence electrons. The van der Waals surface area contributed by atoms with Crippen LogP contribution in [0.5, 0.6) is 0 Å². The Morgan fingerprint density at radius 1 is 1.18 bits per heavy atom. The maximum Gasteiger partial charge on any atom is 0.416 e. The molecule has 1 aromatic heterocycles. The highest BCUT2D eigenvalue weighted by molar-refractivity contribution is 5.94. The number of hydrogen-bond acceptors (Lipinski definition) is 6. The summed E-state index contributed by atoms with van der Waals surface area (Å²) < 4.78 is 39.7. The van der Waals surface area contributed by atoms with Gasteiger partial charge in [-0.2, -0.15) is 18.4 Å². The largest absolute Gasteiger partial charge is 0.416 e. The van der Waals surface area contributed by atoms with E-state index in [-0.39, 0.29) is 37.4 Å². The fraction of sp³-hybridized carbons (Fsp3) is 0.308. The molecule has 0 fully saturated rings. The van der Waals surface area contributed by atoms with E-state index in [0.717, 1.165) is 16.9 Å². The lowest BCUT2D eigenvalue weighted by Gasteiger charge is -2.29. The fourth-order valence-electron chi connectivity index (χ4n) is 4.08. The maximum atomic E-state index is 13.3. The summed E-state index contributed by atoms with van der Waals surface area (Å²) in [5.41, 5.74) is 1.05. The minimum Gasteiger partial charge on any atom is -0.408 e. The fourth-order valence-corrected chi connectivity index (χ4v) is 4.08. The van der Waals surface area contributed by atoms with Gasteiger partial charge in [0.2, 0.25) is 5.95 Å². The Kier molecular flexibility index (Phi) is 8.68. The standard InChI is InChI=1S/C26H24F3N5O3.ClH/c1-3-37-34-24(36)21-15-33(23(35)19-6-4-17(14-30)5-7-19)13-12-22(21)32-25(34)31-16(2)18-8-10-20(11-9-18)26(27,28)29;/h4-11,16H,3,12-13,15H2,1-2H3,(H,31,32);1H/t16-;/m0./s1. The number of alkyl halides is 3. The number of anilines is 1. The van der Waals surface area contributed by atoms with Crippen molar-refractivity contribution in [3.63, 3.8) is 0 Å². The molecule has 0 unspecified atom stereocenters. The van der Waals surface area contributed by atoms with Crippen molar-refractivity contribution >= 4 is 24.3 Å². The number of nitrogens with one attached hydrogen (secondary N) is 1. The molecule has 0 radical (unpaired) electrons. The number of nitriles is 1. The molecule has 0 saturated carbocycles. The summed E-state index contributed by atoms with van der Waals surface area (Å²) in [7, 11) is 0. The van der Waals surface area contributed by atoms with Crippen LogP contribution in [0.1, 0.15) is 58.2 Å². The minimum atomic E-state index is -4.43. The van der Waals surface area contributed by atoms with E-state index < -0.39 is 23.3 Å². The first-order valence-electron chi connectivity index (χ1n) is 11.6. The third kappa shape index (κ3) is 5.92. The Hall–Kier alpha value is -4.04. The summed E-state index contributed by atoms with van der Waals surface area (Å²) in [5, 5.41) is 12.0. The smallest absolute Gasteiger partial charge is 0.408 e. The quantitative estimate of drug-likeness (QED) is 0.492. The molecule has 1 N–H and O–H groups in total. The van der Waals surface area contributed by atoms with Crippen LogP contribution in [-0.4, -0.2) is 33.7 Å². The van der Waals surface area contributed by atoms with Gasteiger partial charge in [0.1, 0.15) is 6.61 Å². The number of carbonyl (C=O) groups is 1. The van der Waals surface area contributed by atoms with Crippen molar-refractivity contribution in [1.82, 2.24) is 14.6 Å². The molecule has 4 rings (SSSR count). The molecule has 2 aromatic carbocycles. The van der Waals surface area contributed by atoms with Gasteiger partial charge < -0.3 is 15.1 Å². The first kappa shape index (κ1) is 28.5. The second-order valence-electron chi connectivity index (χ2n) is 8.53. The van der Waals surface area contributed by atoms with E-state index in [0.29, 0.717) is 40.9 Å². The number of aromatic nitrogens is 2. The van der Waals surface area contributed by atoms with Gasteiger partial charge in [0, 0.05) is 18.5 Å². The molecule has 3 aromatic rings. The summed E-state index contributed by atoms with van der Waals surface area (Å²) in [4.78, 5) is 38.0. The third-order valence-electron chi connectivity index (χ3n) is 6.08. The number of amides is 1. The number of hydrogen-bond donors (Lipinski definition) is 1.